The number of ether oxygens (including phenoxy) is 1. The number of phenols is 1. The summed E-state index contributed by atoms with van der Waals surface area (Å²) in [4.78, 5) is 43.4. The first-order valence-electron chi connectivity index (χ1n) is 15.4. The van der Waals surface area contributed by atoms with Crippen LogP contribution >= 0.6 is 0 Å². The topological polar surface area (TPSA) is 108 Å². The molecule has 0 aromatic heterocycles. The summed E-state index contributed by atoms with van der Waals surface area (Å²) in [6.07, 6.45) is 3.06. The molecule has 2 atom stereocenters. The van der Waals surface area contributed by atoms with Gasteiger partial charge in [-0.3, -0.25) is 9.59 Å². The molecule has 2 unspecified atom stereocenters. The first-order valence-corrected chi connectivity index (χ1v) is 15.4. The number of carbonyl (C=O) groups is 3. The van der Waals surface area contributed by atoms with Crippen LogP contribution in [0, 0.1) is 13.8 Å². The minimum atomic E-state index is -1.03. The van der Waals surface area contributed by atoms with Crippen LogP contribution in [0.5, 0.6) is 5.75 Å². The number of carbonyl (C=O) groups excluding carboxylic acids is 3. The number of anilines is 1. The van der Waals surface area contributed by atoms with E-state index < -0.39 is 29.7 Å². The summed E-state index contributed by atoms with van der Waals surface area (Å²) in [7, 11) is 0. The van der Waals surface area contributed by atoms with Gasteiger partial charge in [0.25, 0.3) is 5.91 Å². The van der Waals surface area contributed by atoms with E-state index in [0.717, 1.165) is 30.4 Å². The first-order chi connectivity index (χ1) is 20.9. The molecule has 0 saturated heterocycles. The molecule has 8 heteroatoms. The zero-order chi connectivity index (χ0) is 32.3. The number of alkyl carbamates (subject to hydrolysis) is 1. The highest BCUT2D eigenvalue weighted by Gasteiger charge is 2.36. The number of unbranched alkanes of at least 4 members (excludes halogenated alkanes) is 3. The van der Waals surface area contributed by atoms with E-state index in [1.807, 2.05) is 61.5 Å². The van der Waals surface area contributed by atoms with Crippen LogP contribution in [0.15, 0.2) is 72.8 Å². The Kier molecular flexibility index (Phi) is 12.4. The Hall–Kier alpha value is -4.33. The van der Waals surface area contributed by atoms with Crippen LogP contribution in [-0.2, 0) is 20.7 Å². The molecule has 0 bridgehead atoms. The van der Waals surface area contributed by atoms with Crippen LogP contribution in [0.3, 0.4) is 0 Å². The number of nitrogens with zero attached hydrogens (tertiary/aromatic N) is 1. The van der Waals surface area contributed by atoms with E-state index in [2.05, 4.69) is 17.6 Å². The van der Waals surface area contributed by atoms with Crippen LogP contribution in [0.4, 0.5) is 10.5 Å². The summed E-state index contributed by atoms with van der Waals surface area (Å²) in [6, 6.07) is 19.8. The molecule has 0 spiro atoms. The van der Waals surface area contributed by atoms with Crippen molar-refractivity contribution in [2.75, 3.05) is 11.9 Å². The molecule has 8 nitrogen and oxygen atoms in total. The second-order valence-corrected chi connectivity index (χ2v) is 12.2. The SMILES string of the molecule is CCCCCCN(C(=O)C(Cc1ccccc1)NC(=O)OC(C)(C)C)C(C(=O)Nc1ccccc1C)c1ccc(O)c(C)c1. The zero-order valence-corrected chi connectivity index (χ0v) is 26.9. The van der Waals surface area contributed by atoms with Crippen molar-refractivity contribution in [3.63, 3.8) is 0 Å². The molecule has 3 N–H and O–H groups in total. The lowest BCUT2D eigenvalue weighted by molar-refractivity contribution is -0.140. The molecule has 3 aromatic rings. The molecule has 0 heterocycles. The molecule has 0 aliphatic heterocycles. The second-order valence-electron chi connectivity index (χ2n) is 12.2. The van der Waals surface area contributed by atoms with Crippen molar-refractivity contribution in [3.05, 3.63) is 95.1 Å². The molecule has 0 saturated carbocycles. The average Bonchev–Trinajstić information content (AvgIpc) is 2.96. The van der Waals surface area contributed by atoms with Crippen LogP contribution in [0.1, 0.15) is 81.7 Å². The summed E-state index contributed by atoms with van der Waals surface area (Å²) < 4.78 is 5.53. The number of hydrogen-bond acceptors (Lipinski definition) is 5. The molecule has 3 rings (SSSR count). The third kappa shape index (κ3) is 10.1. The van der Waals surface area contributed by atoms with Gasteiger partial charge in [-0.05, 0) is 81.5 Å². The predicted molar refractivity (Wildman–Crippen MR) is 175 cm³/mol. The summed E-state index contributed by atoms with van der Waals surface area (Å²) >= 11 is 0. The van der Waals surface area contributed by atoms with Gasteiger partial charge in [0.2, 0.25) is 5.91 Å². The fraction of sp³-hybridized carbons (Fsp3) is 0.417. The number of aryl methyl sites for hydroxylation is 2. The van der Waals surface area contributed by atoms with Crippen molar-refractivity contribution in [2.45, 2.75) is 91.3 Å². The van der Waals surface area contributed by atoms with Crippen molar-refractivity contribution in [2.24, 2.45) is 0 Å². The van der Waals surface area contributed by atoms with Gasteiger partial charge in [0.1, 0.15) is 23.4 Å². The number of hydrogen-bond donors (Lipinski definition) is 3. The number of benzene rings is 3. The maximum Gasteiger partial charge on any atom is 0.408 e. The van der Waals surface area contributed by atoms with E-state index in [1.165, 1.54) is 0 Å². The molecular formula is C36H47N3O5. The highest BCUT2D eigenvalue weighted by Crippen LogP contribution is 2.29. The summed E-state index contributed by atoms with van der Waals surface area (Å²) in [5.74, 6) is -0.683. The Bertz CT molecular complexity index is 1400. The molecular weight excluding hydrogens is 554 g/mol. The summed E-state index contributed by atoms with van der Waals surface area (Å²) in [5.41, 5.74) is 2.77. The van der Waals surface area contributed by atoms with Crippen molar-refractivity contribution in [3.8, 4) is 5.75 Å². The van der Waals surface area contributed by atoms with Gasteiger partial charge >= 0.3 is 6.09 Å². The van der Waals surface area contributed by atoms with Gasteiger partial charge in [-0.15, -0.1) is 0 Å². The number of phenolic OH excluding ortho intramolecular Hbond substituents is 1. The Morgan fingerprint density at radius 2 is 1.57 bits per heavy atom. The van der Waals surface area contributed by atoms with Gasteiger partial charge < -0.3 is 25.4 Å². The van der Waals surface area contributed by atoms with Crippen LogP contribution < -0.4 is 10.6 Å². The van der Waals surface area contributed by atoms with Crippen molar-refractivity contribution in [1.29, 1.82) is 0 Å². The lowest BCUT2D eigenvalue weighted by atomic mass is 9.98. The van der Waals surface area contributed by atoms with E-state index in [0.29, 0.717) is 29.8 Å². The van der Waals surface area contributed by atoms with Gasteiger partial charge in [-0.1, -0.05) is 80.8 Å². The Balaban J connectivity index is 2.09. The van der Waals surface area contributed by atoms with E-state index >= 15 is 0 Å². The molecule has 0 radical (unpaired) electrons. The lowest BCUT2D eigenvalue weighted by Crippen LogP contribution is -2.53. The van der Waals surface area contributed by atoms with E-state index in [-0.39, 0.29) is 18.1 Å². The minimum Gasteiger partial charge on any atom is -0.508 e. The number of para-hydroxylation sites is 1. The smallest absolute Gasteiger partial charge is 0.408 e. The molecule has 0 aliphatic rings. The van der Waals surface area contributed by atoms with E-state index in [1.54, 1.807) is 50.8 Å². The maximum absolute atomic E-state index is 14.6. The molecule has 3 amide bonds. The number of aromatic hydroxyl groups is 1. The summed E-state index contributed by atoms with van der Waals surface area (Å²) in [6.45, 7) is 11.4. The largest absolute Gasteiger partial charge is 0.508 e. The van der Waals surface area contributed by atoms with Gasteiger partial charge in [-0.2, -0.15) is 0 Å². The minimum absolute atomic E-state index is 0.0983. The highest BCUT2D eigenvalue weighted by atomic mass is 16.6. The fourth-order valence-corrected chi connectivity index (χ4v) is 5.01. The van der Waals surface area contributed by atoms with Crippen molar-refractivity contribution in [1.82, 2.24) is 10.2 Å². The normalized spacial score (nSPS) is 12.6. The van der Waals surface area contributed by atoms with Gasteiger partial charge in [0.05, 0.1) is 0 Å². The monoisotopic (exact) mass is 601 g/mol. The maximum atomic E-state index is 14.6. The van der Waals surface area contributed by atoms with Crippen LogP contribution in [0.25, 0.3) is 0 Å². The summed E-state index contributed by atoms with van der Waals surface area (Å²) in [5, 5.41) is 16.1. The van der Waals surface area contributed by atoms with Crippen LogP contribution in [-0.4, -0.2) is 46.1 Å². The predicted octanol–water partition coefficient (Wildman–Crippen LogP) is 7.23. The molecule has 44 heavy (non-hydrogen) atoms. The third-order valence-corrected chi connectivity index (χ3v) is 7.31. The fourth-order valence-electron chi connectivity index (χ4n) is 5.01. The third-order valence-electron chi connectivity index (χ3n) is 7.31. The van der Waals surface area contributed by atoms with Gasteiger partial charge in [-0.25, -0.2) is 4.79 Å². The Labute approximate surface area is 261 Å². The van der Waals surface area contributed by atoms with E-state index in [4.69, 9.17) is 4.74 Å². The van der Waals surface area contributed by atoms with Gasteiger partial charge in [0.15, 0.2) is 0 Å². The van der Waals surface area contributed by atoms with Crippen LogP contribution in [0.2, 0.25) is 0 Å². The first kappa shape index (κ1) is 34.2. The molecule has 0 fully saturated rings. The van der Waals surface area contributed by atoms with Crippen molar-refractivity contribution >= 4 is 23.6 Å². The average molecular weight is 602 g/mol. The Morgan fingerprint density at radius 3 is 2.20 bits per heavy atom. The van der Waals surface area contributed by atoms with Crippen molar-refractivity contribution < 1.29 is 24.2 Å². The van der Waals surface area contributed by atoms with E-state index in [9.17, 15) is 19.5 Å². The quantitative estimate of drug-likeness (QED) is 0.179. The number of rotatable bonds is 13. The van der Waals surface area contributed by atoms with Gasteiger partial charge in [0, 0.05) is 18.7 Å². The molecule has 236 valence electrons. The molecule has 0 aliphatic carbocycles. The highest BCUT2D eigenvalue weighted by molar-refractivity contribution is 5.99. The second kappa shape index (κ2) is 15.9. The zero-order valence-electron chi connectivity index (χ0n) is 26.9. The number of amides is 3. The standard InChI is InChI=1S/C36H47N3O5/c1-7-8-9-15-22-39(34(42)30(24-27-17-11-10-12-18-27)38-35(43)44-36(4,5)6)32(28-20-21-31(40)26(3)23-28)33(41)37-29-19-14-13-16-25(29)2/h10-14,16-21,23,30,32,40H,7-9,15,22,24H2,1-6H3,(H,37,41)(H,38,43). The molecule has 3 aromatic carbocycles. The Morgan fingerprint density at radius 1 is 0.886 bits per heavy atom. The number of nitrogens with one attached hydrogen (secondary N) is 2. The lowest BCUT2D eigenvalue weighted by Gasteiger charge is -2.35.